The normalized spacial score (nSPS) is 27.2. The molecule has 1 fully saturated rings. The summed E-state index contributed by atoms with van der Waals surface area (Å²) < 4.78 is 28.8. The maximum atomic E-state index is 11.6. The molecule has 0 spiro atoms. The van der Waals surface area contributed by atoms with Crippen LogP contribution in [0.1, 0.15) is 28.4 Å². The quantitative estimate of drug-likeness (QED) is 0.413. The third-order valence-corrected chi connectivity index (χ3v) is 6.47. The second-order valence-corrected chi connectivity index (χ2v) is 9.55. The third-order valence-electron chi connectivity index (χ3n) is 5.34. The molecule has 1 saturated heterocycles. The molecule has 0 aliphatic carbocycles. The number of hydrogen-bond donors (Lipinski definition) is 5. The Balaban J connectivity index is 1.90. The van der Waals surface area contributed by atoms with Crippen LogP contribution in [0.25, 0.3) is 0 Å². The number of benzene rings is 2. The van der Waals surface area contributed by atoms with Crippen LogP contribution in [0.4, 0.5) is 0 Å². The fraction of sp³-hybridized carbons (Fsp3) is 0.429. The maximum absolute atomic E-state index is 11.6. The molecule has 164 valence electrons. The van der Waals surface area contributed by atoms with Crippen molar-refractivity contribution >= 4 is 9.84 Å². The topological polar surface area (TPSA) is 145 Å². The van der Waals surface area contributed by atoms with Gasteiger partial charge < -0.3 is 30.3 Å². The van der Waals surface area contributed by atoms with E-state index >= 15 is 0 Å². The van der Waals surface area contributed by atoms with Crippen LogP contribution in [-0.2, 0) is 27.6 Å². The van der Waals surface area contributed by atoms with Gasteiger partial charge in [-0.15, -0.1) is 0 Å². The number of sulfone groups is 1. The van der Waals surface area contributed by atoms with Gasteiger partial charge in [0.05, 0.1) is 18.1 Å². The van der Waals surface area contributed by atoms with Crippen molar-refractivity contribution in [1.82, 2.24) is 0 Å². The number of hydrogen-bond acceptors (Lipinski definition) is 8. The van der Waals surface area contributed by atoms with Crippen LogP contribution >= 0.6 is 0 Å². The van der Waals surface area contributed by atoms with Gasteiger partial charge >= 0.3 is 0 Å². The van der Waals surface area contributed by atoms with Gasteiger partial charge in [0.1, 0.15) is 30.5 Å². The standard InChI is InChI=1S/C21H26O8S/c1-30(27,28)15-6-3-12(4-7-15)8-13-2-5-14(10-22)16(9-13)21-20(26)19(25)18(24)17(11-23)29-21/h2-7,9,17-26H,8,10-11H2,1H3/t17-,18-,19+,20-,21+/m1/s1. The lowest BCUT2D eigenvalue weighted by molar-refractivity contribution is -0.232. The molecule has 9 heteroatoms. The summed E-state index contributed by atoms with van der Waals surface area (Å²) in [6.07, 6.45) is -4.92. The first kappa shape index (κ1) is 22.8. The first-order valence-corrected chi connectivity index (χ1v) is 11.4. The predicted octanol–water partition coefficient (Wildman–Crippen LogP) is -0.312. The smallest absolute Gasteiger partial charge is 0.175 e. The Hall–Kier alpha value is -1.85. The molecule has 0 bridgehead atoms. The summed E-state index contributed by atoms with van der Waals surface area (Å²) in [5, 5.41) is 49.6. The highest BCUT2D eigenvalue weighted by molar-refractivity contribution is 7.90. The molecule has 1 heterocycles. The molecule has 0 radical (unpaired) electrons. The van der Waals surface area contributed by atoms with Crippen LogP contribution in [-0.4, -0.2) is 71.2 Å². The Morgan fingerprint density at radius 1 is 0.900 bits per heavy atom. The number of aliphatic hydroxyl groups is 5. The van der Waals surface area contributed by atoms with Crippen molar-refractivity contribution in [2.75, 3.05) is 12.9 Å². The zero-order valence-electron chi connectivity index (χ0n) is 16.4. The highest BCUT2D eigenvalue weighted by Crippen LogP contribution is 2.35. The predicted molar refractivity (Wildman–Crippen MR) is 107 cm³/mol. The first-order chi connectivity index (χ1) is 14.2. The Kier molecular flexibility index (Phi) is 6.93. The average molecular weight is 438 g/mol. The van der Waals surface area contributed by atoms with E-state index in [1.165, 1.54) is 12.1 Å². The third kappa shape index (κ3) is 4.73. The van der Waals surface area contributed by atoms with Crippen molar-refractivity contribution in [3.05, 3.63) is 64.7 Å². The van der Waals surface area contributed by atoms with Crippen molar-refractivity contribution in [3.8, 4) is 0 Å². The minimum absolute atomic E-state index is 0.226. The second kappa shape index (κ2) is 9.11. The molecule has 30 heavy (non-hydrogen) atoms. The summed E-state index contributed by atoms with van der Waals surface area (Å²) >= 11 is 0. The van der Waals surface area contributed by atoms with E-state index < -0.39 is 47.0 Å². The lowest BCUT2D eigenvalue weighted by Gasteiger charge is -2.40. The van der Waals surface area contributed by atoms with Crippen molar-refractivity contribution in [1.29, 1.82) is 0 Å². The molecule has 5 atom stereocenters. The average Bonchev–Trinajstić information content (AvgIpc) is 2.72. The summed E-state index contributed by atoms with van der Waals surface area (Å²) in [7, 11) is -3.28. The van der Waals surface area contributed by atoms with Crippen molar-refractivity contribution in [2.24, 2.45) is 0 Å². The first-order valence-electron chi connectivity index (χ1n) is 9.47. The van der Waals surface area contributed by atoms with E-state index in [2.05, 4.69) is 0 Å². The Morgan fingerprint density at radius 2 is 1.53 bits per heavy atom. The highest BCUT2D eigenvalue weighted by Gasteiger charge is 2.44. The van der Waals surface area contributed by atoms with Gasteiger partial charge in [-0.2, -0.15) is 0 Å². The molecule has 0 saturated carbocycles. The monoisotopic (exact) mass is 438 g/mol. The Bertz CT molecular complexity index is 971. The van der Waals surface area contributed by atoms with Gasteiger partial charge in [0.2, 0.25) is 0 Å². The van der Waals surface area contributed by atoms with Gasteiger partial charge in [0.15, 0.2) is 9.84 Å². The van der Waals surface area contributed by atoms with Crippen LogP contribution in [0, 0.1) is 0 Å². The molecule has 1 aliphatic rings. The fourth-order valence-electron chi connectivity index (χ4n) is 3.61. The molecule has 5 N–H and O–H groups in total. The Morgan fingerprint density at radius 3 is 2.10 bits per heavy atom. The summed E-state index contributed by atoms with van der Waals surface area (Å²) in [5.74, 6) is 0. The number of ether oxygens (including phenoxy) is 1. The van der Waals surface area contributed by atoms with Gasteiger partial charge in [-0.1, -0.05) is 30.3 Å². The van der Waals surface area contributed by atoms with E-state index in [9.17, 15) is 34.0 Å². The van der Waals surface area contributed by atoms with Gasteiger partial charge in [-0.25, -0.2) is 8.42 Å². The molecular formula is C21H26O8S. The Labute approximate surface area is 174 Å². The maximum Gasteiger partial charge on any atom is 0.175 e. The van der Waals surface area contributed by atoms with Crippen LogP contribution in [0.15, 0.2) is 47.4 Å². The van der Waals surface area contributed by atoms with E-state index in [1.54, 1.807) is 30.3 Å². The van der Waals surface area contributed by atoms with E-state index in [0.29, 0.717) is 17.5 Å². The van der Waals surface area contributed by atoms with Gasteiger partial charge in [0, 0.05) is 6.26 Å². The lowest BCUT2D eigenvalue weighted by atomic mass is 9.88. The van der Waals surface area contributed by atoms with Crippen molar-refractivity contribution in [3.63, 3.8) is 0 Å². The largest absolute Gasteiger partial charge is 0.394 e. The van der Waals surface area contributed by atoms with Crippen molar-refractivity contribution < 1.29 is 38.7 Å². The van der Waals surface area contributed by atoms with Gasteiger partial charge in [-0.05, 0) is 40.8 Å². The zero-order chi connectivity index (χ0) is 22.1. The van der Waals surface area contributed by atoms with E-state index in [4.69, 9.17) is 4.74 Å². The molecule has 0 unspecified atom stereocenters. The SMILES string of the molecule is CS(=O)(=O)c1ccc(Cc2ccc(CO)c([C@@H]3O[C@H](CO)[C@@H](O)[C@H](O)[C@H]3O)c2)cc1. The summed E-state index contributed by atoms with van der Waals surface area (Å²) in [4.78, 5) is 0.226. The van der Waals surface area contributed by atoms with Gasteiger partial charge in [-0.3, -0.25) is 0 Å². The molecule has 3 rings (SSSR count). The fourth-order valence-corrected chi connectivity index (χ4v) is 4.24. The molecule has 1 aliphatic heterocycles. The van der Waals surface area contributed by atoms with E-state index in [0.717, 1.165) is 17.4 Å². The summed E-state index contributed by atoms with van der Waals surface area (Å²) in [5.41, 5.74) is 2.60. The molecule has 2 aromatic carbocycles. The minimum Gasteiger partial charge on any atom is -0.394 e. The molecule has 2 aromatic rings. The van der Waals surface area contributed by atoms with Gasteiger partial charge in [0.25, 0.3) is 0 Å². The van der Waals surface area contributed by atoms with Crippen LogP contribution in [0.2, 0.25) is 0 Å². The van der Waals surface area contributed by atoms with E-state index in [1.807, 2.05) is 0 Å². The van der Waals surface area contributed by atoms with Crippen LogP contribution in [0.5, 0.6) is 0 Å². The molecule has 0 aromatic heterocycles. The zero-order valence-corrected chi connectivity index (χ0v) is 17.2. The number of aliphatic hydroxyl groups excluding tert-OH is 5. The van der Waals surface area contributed by atoms with Crippen molar-refractivity contribution in [2.45, 2.75) is 48.4 Å². The molecule has 0 amide bonds. The highest BCUT2D eigenvalue weighted by atomic mass is 32.2. The van der Waals surface area contributed by atoms with Crippen LogP contribution in [0.3, 0.4) is 0 Å². The second-order valence-electron chi connectivity index (χ2n) is 7.53. The summed E-state index contributed by atoms with van der Waals surface area (Å²) in [6.45, 7) is -0.865. The minimum atomic E-state index is -3.28. The molecular weight excluding hydrogens is 412 g/mol. The number of rotatable bonds is 6. The lowest BCUT2D eigenvalue weighted by Crippen LogP contribution is -2.55. The molecule has 8 nitrogen and oxygen atoms in total. The van der Waals surface area contributed by atoms with Crippen LogP contribution < -0.4 is 0 Å². The summed E-state index contributed by atoms with van der Waals surface area (Å²) in [6, 6.07) is 11.7. The van der Waals surface area contributed by atoms with E-state index in [-0.39, 0.29) is 11.5 Å².